The van der Waals surface area contributed by atoms with Crippen molar-refractivity contribution in [1.82, 2.24) is 15.2 Å². The molecule has 2 aliphatic rings. The number of hydrogen-bond donors (Lipinski definition) is 1. The van der Waals surface area contributed by atoms with Crippen LogP contribution in [0.5, 0.6) is 0 Å². The molecule has 5 nitrogen and oxygen atoms in total. The summed E-state index contributed by atoms with van der Waals surface area (Å²) in [5.41, 5.74) is 2.37. The van der Waals surface area contributed by atoms with Crippen molar-refractivity contribution < 1.29 is 9.53 Å². The molecule has 3 heterocycles. The molecule has 2 aromatic rings. The van der Waals surface area contributed by atoms with Crippen LogP contribution in [-0.4, -0.2) is 42.2 Å². The third-order valence-corrected chi connectivity index (χ3v) is 6.25. The van der Waals surface area contributed by atoms with Gasteiger partial charge in [0.2, 0.25) is 0 Å². The lowest BCUT2D eigenvalue weighted by molar-refractivity contribution is 0.0495. The van der Waals surface area contributed by atoms with Crippen molar-refractivity contribution in [1.29, 1.82) is 0 Å². The molecule has 1 aromatic heterocycles. The largest absolute Gasteiger partial charge is 0.381 e. The van der Waals surface area contributed by atoms with E-state index in [4.69, 9.17) is 4.74 Å². The smallest absolute Gasteiger partial charge is 0.317 e. The van der Waals surface area contributed by atoms with Gasteiger partial charge in [0.15, 0.2) is 0 Å². The van der Waals surface area contributed by atoms with Crippen molar-refractivity contribution in [3.8, 4) is 0 Å². The van der Waals surface area contributed by atoms with Gasteiger partial charge < -0.3 is 15.0 Å². The quantitative estimate of drug-likeness (QED) is 0.871. The lowest BCUT2D eigenvalue weighted by Crippen LogP contribution is -2.50. The van der Waals surface area contributed by atoms with Gasteiger partial charge in [-0.1, -0.05) is 36.4 Å². The van der Waals surface area contributed by atoms with Crippen LogP contribution in [0.4, 0.5) is 4.79 Å². The van der Waals surface area contributed by atoms with Crippen molar-refractivity contribution in [2.75, 3.05) is 26.3 Å². The number of likely N-dealkylation sites (tertiary alicyclic amines) is 1. The molecule has 0 aliphatic carbocycles. The number of pyridine rings is 1. The van der Waals surface area contributed by atoms with Crippen molar-refractivity contribution in [3.63, 3.8) is 0 Å². The molecule has 0 radical (unpaired) electrons. The van der Waals surface area contributed by atoms with Crippen molar-refractivity contribution >= 4 is 6.03 Å². The second-order valence-electron chi connectivity index (χ2n) is 7.91. The third kappa shape index (κ3) is 4.04. The fraction of sp³-hybridized carbons (Fsp3) is 0.478. The maximum Gasteiger partial charge on any atom is 0.317 e. The Labute approximate surface area is 167 Å². The summed E-state index contributed by atoms with van der Waals surface area (Å²) in [5.74, 6) is 0. The zero-order chi connectivity index (χ0) is 19.2. The predicted molar refractivity (Wildman–Crippen MR) is 109 cm³/mol. The number of urea groups is 1. The van der Waals surface area contributed by atoms with Gasteiger partial charge in [0.25, 0.3) is 0 Å². The van der Waals surface area contributed by atoms with Gasteiger partial charge in [-0.3, -0.25) is 4.98 Å². The van der Waals surface area contributed by atoms with E-state index in [9.17, 15) is 4.79 Å². The number of nitrogens with zero attached hydrogens (tertiary/aromatic N) is 2. The Balaban J connectivity index is 1.48. The summed E-state index contributed by atoms with van der Waals surface area (Å²) < 4.78 is 5.61. The second-order valence-corrected chi connectivity index (χ2v) is 7.91. The van der Waals surface area contributed by atoms with Crippen LogP contribution in [0, 0.1) is 0 Å². The SMILES string of the molecule is O=C(NCC1(c2ccccc2)CCOCC1)N1CCCCC1c1cccnc1. The zero-order valence-electron chi connectivity index (χ0n) is 16.3. The van der Waals surface area contributed by atoms with Crippen LogP contribution >= 0.6 is 0 Å². The molecular formula is C23H29N3O2. The number of carbonyl (C=O) groups is 1. The molecule has 1 N–H and O–H groups in total. The monoisotopic (exact) mass is 379 g/mol. The van der Waals surface area contributed by atoms with E-state index < -0.39 is 0 Å². The minimum atomic E-state index is -0.0469. The zero-order valence-corrected chi connectivity index (χ0v) is 16.3. The van der Waals surface area contributed by atoms with Crippen molar-refractivity contribution in [2.45, 2.75) is 43.6 Å². The second kappa shape index (κ2) is 8.74. The molecule has 1 unspecified atom stereocenters. The van der Waals surface area contributed by atoms with Crippen LogP contribution in [0.3, 0.4) is 0 Å². The first kappa shape index (κ1) is 18.9. The maximum absolute atomic E-state index is 13.2. The average molecular weight is 380 g/mol. The standard InChI is InChI=1S/C23H29N3O2/c27-22(26-14-5-4-10-21(26)19-7-6-13-24-17-19)25-18-23(11-15-28-16-12-23)20-8-2-1-3-9-20/h1-3,6-9,13,17,21H,4-5,10-12,14-16,18H2,(H,25,27). The van der Waals surface area contributed by atoms with Gasteiger partial charge >= 0.3 is 6.03 Å². The summed E-state index contributed by atoms with van der Waals surface area (Å²) in [7, 11) is 0. The molecule has 1 atom stereocenters. The van der Waals surface area contributed by atoms with Crippen LogP contribution in [0.1, 0.15) is 49.3 Å². The fourth-order valence-corrected chi connectivity index (χ4v) is 4.56. The van der Waals surface area contributed by atoms with E-state index in [1.807, 2.05) is 23.2 Å². The number of ether oxygens (including phenoxy) is 1. The number of nitrogens with one attached hydrogen (secondary N) is 1. The first-order valence-electron chi connectivity index (χ1n) is 10.4. The molecule has 4 rings (SSSR count). The summed E-state index contributed by atoms with van der Waals surface area (Å²) >= 11 is 0. The van der Waals surface area contributed by atoms with Crippen molar-refractivity contribution in [3.05, 3.63) is 66.0 Å². The van der Waals surface area contributed by atoms with Crippen LogP contribution < -0.4 is 5.32 Å². The fourth-order valence-electron chi connectivity index (χ4n) is 4.56. The Morgan fingerprint density at radius 3 is 2.71 bits per heavy atom. The Hall–Kier alpha value is -2.40. The van der Waals surface area contributed by atoms with E-state index in [2.05, 4.69) is 40.6 Å². The molecule has 28 heavy (non-hydrogen) atoms. The summed E-state index contributed by atoms with van der Waals surface area (Å²) in [6, 6.07) is 14.7. The van der Waals surface area contributed by atoms with Crippen LogP contribution in [0.15, 0.2) is 54.9 Å². The molecule has 1 aromatic carbocycles. The Kier molecular flexibility index (Phi) is 5.91. The molecule has 0 bridgehead atoms. The number of carbonyl (C=O) groups excluding carboxylic acids is 1. The molecule has 2 aliphatic heterocycles. The summed E-state index contributed by atoms with van der Waals surface area (Å²) in [6.07, 6.45) is 8.74. The molecular weight excluding hydrogens is 350 g/mol. The number of aromatic nitrogens is 1. The van der Waals surface area contributed by atoms with Crippen LogP contribution in [-0.2, 0) is 10.2 Å². The number of rotatable bonds is 4. The molecule has 2 saturated heterocycles. The van der Waals surface area contributed by atoms with Gasteiger partial charge in [0, 0.05) is 44.1 Å². The highest BCUT2D eigenvalue weighted by Crippen LogP contribution is 2.35. The van der Waals surface area contributed by atoms with Crippen LogP contribution in [0.2, 0.25) is 0 Å². The topological polar surface area (TPSA) is 54.5 Å². The molecule has 0 spiro atoms. The lowest BCUT2D eigenvalue weighted by Gasteiger charge is -2.40. The molecule has 2 amide bonds. The van der Waals surface area contributed by atoms with Gasteiger partial charge in [0.1, 0.15) is 0 Å². The highest BCUT2D eigenvalue weighted by atomic mass is 16.5. The van der Waals surface area contributed by atoms with Gasteiger partial charge in [-0.25, -0.2) is 4.79 Å². The van der Waals surface area contributed by atoms with E-state index in [0.29, 0.717) is 6.54 Å². The number of amides is 2. The number of benzene rings is 1. The average Bonchev–Trinajstić information content (AvgIpc) is 2.79. The maximum atomic E-state index is 13.2. The highest BCUT2D eigenvalue weighted by Gasteiger charge is 2.36. The normalized spacial score (nSPS) is 21.9. The van der Waals surface area contributed by atoms with Gasteiger partial charge in [-0.05, 0) is 49.3 Å². The van der Waals surface area contributed by atoms with Crippen molar-refractivity contribution in [2.24, 2.45) is 0 Å². The highest BCUT2D eigenvalue weighted by molar-refractivity contribution is 5.75. The van der Waals surface area contributed by atoms with Gasteiger partial charge in [0.05, 0.1) is 6.04 Å². The molecule has 148 valence electrons. The predicted octanol–water partition coefficient (Wildman–Crippen LogP) is 4.07. The Morgan fingerprint density at radius 1 is 1.14 bits per heavy atom. The third-order valence-electron chi connectivity index (χ3n) is 6.25. The first-order valence-corrected chi connectivity index (χ1v) is 10.4. The molecule has 5 heteroatoms. The van der Waals surface area contributed by atoms with E-state index >= 15 is 0 Å². The lowest BCUT2D eigenvalue weighted by atomic mass is 9.74. The minimum Gasteiger partial charge on any atom is -0.381 e. The van der Waals surface area contributed by atoms with Gasteiger partial charge in [-0.15, -0.1) is 0 Å². The summed E-state index contributed by atoms with van der Waals surface area (Å²) in [6.45, 7) is 2.93. The molecule has 2 fully saturated rings. The first-order chi connectivity index (χ1) is 13.8. The summed E-state index contributed by atoms with van der Waals surface area (Å²) in [4.78, 5) is 19.4. The Morgan fingerprint density at radius 2 is 1.96 bits per heavy atom. The molecule has 0 saturated carbocycles. The number of hydrogen-bond acceptors (Lipinski definition) is 3. The van der Waals surface area contributed by atoms with Gasteiger partial charge in [-0.2, -0.15) is 0 Å². The van der Waals surface area contributed by atoms with E-state index in [1.54, 1.807) is 6.20 Å². The number of piperidine rings is 1. The van der Waals surface area contributed by atoms with E-state index in [-0.39, 0.29) is 17.5 Å². The Bertz CT molecular complexity index is 760. The van der Waals surface area contributed by atoms with Crippen LogP contribution in [0.25, 0.3) is 0 Å². The van der Waals surface area contributed by atoms with E-state index in [1.165, 1.54) is 5.56 Å². The minimum absolute atomic E-state index is 0.0374. The summed E-state index contributed by atoms with van der Waals surface area (Å²) in [5, 5.41) is 3.27. The van der Waals surface area contributed by atoms with E-state index in [0.717, 1.165) is 57.4 Å².